The molecule has 1 fully saturated rings. The highest BCUT2D eigenvalue weighted by Crippen LogP contribution is 2.42. The molecule has 0 N–H and O–H groups in total. The summed E-state index contributed by atoms with van der Waals surface area (Å²) in [5.74, 6) is 0.682. The van der Waals surface area contributed by atoms with Crippen LogP contribution in [-0.4, -0.2) is 35.1 Å². The second kappa shape index (κ2) is 7.79. The van der Waals surface area contributed by atoms with E-state index in [1.54, 1.807) is 18.4 Å². The summed E-state index contributed by atoms with van der Waals surface area (Å²) < 4.78 is 5.26. The minimum absolute atomic E-state index is 0.0182. The number of aromatic nitrogens is 2. The number of methoxy groups -OCH3 is 1. The highest BCUT2D eigenvalue weighted by atomic mass is 32.1. The second-order valence-corrected chi connectivity index (χ2v) is 8.21. The Kier molecular flexibility index (Phi) is 5.23. The monoisotopic (exact) mass is 379 g/mol. The molecule has 27 heavy (non-hydrogen) atoms. The Bertz CT molecular complexity index is 885. The molecule has 0 atom stereocenters. The number of thiazole rings is 1. The first-order valence-electron chi connectivity index (χ1n) is 9.40. The lowest BCUT2D eigenvalue weighted by Crippen LogP contribution is -2.43. The SMILES string of the molecule is COc1cccc(CN2CCC(c3ccccc3)(c3csc(C)n3)CC2)n1. The Morgan fingerprint density at radius 3 is 2.48 bits per heavy atom. The smallest absolute Gasteiger partial charge is 0.213 e. The van der Waals surface area contributed by atoms with Crippen molar-refractivity contribution in [2.45, 2.75) is 31.7 Å². The van der Waals surface area contributed by atoms with Gasteiger partial charge in [-0.2, -0.15) is 0 Å². The van der Waals surface area contributed by atoms with E-state index in [1.165, 1.54) is 11.3 Å². The maximum absolute atomic E-state index is 5.26. The van der Waals surface area contributed by atoms with E-state index >= 15 is 0 Å². The first kappa shape index (κ1) is 18.1. The molecule has 0 aliphatic carbocycles. The van der Waals surface area contributed by atoms with Crippen LogP contribution in [0.4, 0.5) is 0 Å². The molecule has 1 aliphatic heterocycles. The number of pyridine rings is 1. The molecule has 1 aromatic carbocycles. The van der Waals surface area contributed by atoms with Crippen molar-refractivity contribution in [3.63, 3.8) is 0 Å². The van der Waals surface area contributed by atoms with Gasteiger partial charge in [0.25, 0.3) is 0 Å². The largest absolute Gasteiger partial charge is 0.481 e. The molecule has 0 unspecified atom stereocenters. The quantitative estimate of drug-likeness (QED) is 0.657. The van der Waals surface area contributed by atoms with Gasteiger partial charge in [0.05, 0.1) is 23.5 Å². The molecule has 0 bridgehead atoms. The second-order valence-electron chi connectivity index (χ2n) is 7.15. The normalized spacial score (nSPS) is 17.0. The molecule has 5 heteroatoms. The Hall–Kier alpha value is -2.24. The van der Waals surface area contributed by atoms with Gasteiger partial charge in [0.15, 0.2) is 0 Å². The van der Waals surface area contributed by atoms with Gasteiger partial charge in [-0.1, -0.05) is 36.4 Å². The van der Waals surface area contributed by atoms with Crippen molar-refractivity contribution in [1.29, 1.82) is 0 Å². The number of rotatable bonds is 5. The molecule has 3 heterocycles. The lowest BCUT2D eigenvalue weighted by atomic mass is 9.70. The third-order valence-electron chi connectivity index (χ3n) is 5.52. The highest BCUT2D eigenvalue weighted by molar-refractivity contribution is 7.09. The zero-order valence-corrected chi connectivity index (χ0v) is 16.7. The molecule has 4 rings (SSSR count). The van der Waals surface area contributed by atoms with Crippen LogP contribution in [0, 0.1) is 6.92 Å². The predicted molar refractivity (Wildman–Crippen MR) is 109 cm³/mol. The average molecular weight is 380 g/mol. The van der Waals surface area contributed by atoms with E-state index in [4.69, 9.17) is 9.72 Å². The van der Waals surface area contributed by atoms with Crippen molar-refractivity contribution >= 4 is 11.3 Å². The van der Waals surface area contributed by atoms with Crippen molar-refractivity contribution in [3.8, 4) is 5.88 Å². The third kappa shape index (κ3) is 3.75. The summed E-state index contributed by atoms with van der Waals surface area (Å²) in [6.45, 7) is 5.02. The van der Waals surface area contributed by atoms with Gasteiger partial charge in [-0.15, -0.1) is 11.3 Å². The van der Waals surface area contributed by atoms with Crippen LogP contribution in [0.5, 0.6) is 5.88 Å². The molecular weight excluding hydrogens is 354 g/mol. The van der Waals surface area contributed by atoms with E-state index in [0.29, 0.717) is 5.88 Å². The van der Waals surface area contributed by atoms with Crippen molar-refractivity contribution < 1.29 is 4.74 Å². The van der Waals surface area contributed by atoms with E-state index in [0.717, 1.165) is 43.2 Å². The van der Waals surface area contributed by atoms with E-state index in [9.17, 15) is 0 Å². The average Bonchev–Trinajstić information content (AvgIpc) is 3.16. The molecule has 0 radical (unpaired) electrons. The molecule has 140 valence electrons. The van der Waals surface area contributed by atoms with Gasteiger partial charge in [-0.25, -0.2) is 9.97 Å². The number of aryl methyl sites for hydroxylation is 1. The number of hydrogen-bond acceptors (Lipinski definition) is 5. The Balaban J connectivity index is 1.55. The van der Waals surface area contributed by atoms with E-state index in [-0.39, 0.29) is 5.41 Å². The van der Waals surface area contributed by atoms with Crippen molar-refractivity contribution in [2.75, 3.05) is 20.2 Å². The fourth-order valence-corrected chi connectivity index (χ4v) is 4.73. The first-order valence-corrected chi connectivity index (χ1v) is 10.3. The summed E-state index contributed by atoms with van der Waals surface area (Å²) in [6, 6.07) is 16.9. The van der Waals surface area contributed by atoms with Crippen LogP contribution in [0.25, 0.3) is 0 Å². The lowest BCUT2D eigenvalue weighted by molar-refractivity contribution is 0.168. The van der Waals surface area contributed by atoms with Gasteiger partial charge < -0.3 is 4.74 Å². The maximum atomic E-state index is 5.26. The molecule has 1 saturated heterocycles. The molecule has 2 aromatic heterocycles. The number of piperidine rings is 1. The van der Waals surface area contributed by atoms with E-state index in [2.05, 4.69) is 58.6 Å². The number of nitrogens with zero attached hydrogens (tertiary/aromatic N) is 3. The van der Waals surface area contributed by atoms with Crippen molar-refractivity contribution in [1.82, 2.24) is 14.9 Å². The van der Waals surface area contributed by atoms with Gasteiger partial charge in [-0.3, -0.25) is 4.90 Å². The van der Waals surface area contributed by atoms with Crippen LogP contribution < -0.4 is 4.74 Å². The van der Waals surface area contributed by atoms with E-state index in [1.807, 2.05) is 12.1 Å². The standard InChI is InChI=1S/C22H25N3OS/c1-17-23-20(16-27-17)22(18-7-4-3-5-8-18)11-13-25(14-12-22)15-19-9-6-10-21(24-19)26-2/h3-10,16H,11-15H2,1-2H3. The fraction of sp³-hybridized carbons (Fsp3) is 0.364. The van der Waals surface area contributed by atoms with Crippen LogP contribution in [0.15, 0.2) is 53.9 Å². The van der Waals surface area contributed by atoms with Gasteiger partial charge >= 0.3 is 0 Å². The van der Waals surface area contributed by atoms with Gasteiger partial charge in [0.1, 0.15) is 0 Å². The summed E-state index contributed by atoms with van der Waals surface area (Å²) in [4.78, 5) is 11.9. The Labute approximate surface area is 164 Å². The van der Waals surface area contributed by atoms with Crippen molar-refractivity contribution in [2.24, 2.45) is 0 Å². The summed E-state index contributed by atoms with van der Waals surface area (Å²) in [6.07, 6.45) is 2.15. The molecule has 3 aromatic rings. The van der Waals surface area contributed by atoms with Crippen LogP contribution in [-0.2, 0) is 12.0 Å². The molecular formula is C22H25N3OS. The predicted octanol–water partition coefficient (Wildman–Crippen LogP) is 4.44. The third-order valence-corrected chi connectivity index (χ3v) is 6.29. The van der Waals surface area contributed by atoms with Crippen LogP contribution >= 0.6 is 11.3 Å². The number of hydrogen-bond donors (Lipinski definition) is 0. The zero-order chi connectivity index (χ0) is 18.7. The van der Waals surface area contributed by atoms with Gasteiger partial charge in [0, 0.05) is 23.4 Å². The summed E-state index contributed by atoms with van der Waals surface area (Å²) in [5, 5.41) is 3.39. The zero-order valence-electron chi connectivity index (χ0n) is 15.9. The van der Waals surface area contributed by atoms with Gasteiger partial charge in [0.2, 0.25) is 5.88 Å². The topological polar surface area (TPSA) is 38.2 Å². The minimum Gasteiger partial charge on any atom is -0.481 e. The number of ether oxygens (including phenoxy) is 1. The van der Waals surface area contributed by atoms with Gasteiger partial charge in [-0.05, 0) is 44.5 Å². The number of benzene rings is 1. The van der Waals surface area contributed by atoms with Crippen LogP contribution in [0.3, 0.4) is 0 Å². The molecule has 0 saturated carbocycles. The Morgan fingerprint density at radius 2 is 1.81 bits per heavy atom. The van der Waals surface area contributed by atoms with Crippen LogP contribution in [0.1, 0.15) is 34.8 Å². The maximum Gasteiger partial charge on any atom is 0.213 e. The highest BCUT2D eigenvalue weighted by Gasteiger charge is 2.39. The summed E-state index contributed by atoms with van der Waals surface area (Å²) in [7, 11) is 1.66. The van der Waals surface area contributed by atoms with Crippen LogP contribution in [0.2, 0.25) is 0 Å². The number of likely N-dealkylation sites (tertiary alicyclic amines) is 1. The lowest BCUT2D eigenvalue weighted by Gasteiger charge is -2.41. The van der Waals surface area contributed by atoms with E-state index < -0.39 is 0 Å². The van der Waals surface area contributed by atoms with Crippen molar-refractivity contribution in [3.05, 3.63) is 75.9 Å². The minimum atomic E-state index is 0.0182. The molecule has 1 aliphatic rings. The fourth-order valence-electron chi connectivity index (χ4n) is 4.01. The Morgan fingerprint density at radius 1 is 1.04 bits per heavy atom. The molecule has 4 nitrogen and oxygen atoms in total. The molecule has 0 spiro atoms. The molecule has 0 amide bonds. The summed E-state index contributed by atoms with van der Waals surface area (Å²) >= 11 is 1.75. The first-order chi connectivity index (χ1) is 13.2. The summed E-state index contributed by atoms with van der Waals surface area (Å²) in [5.41, 5.74) is 3.69.